The molecule has 1 saturated heterocycles. The van der Waals surface area contributed by atoms with Crippen molar-refractivity contribution in [1.82, 2.24) is 20.0 Å². The molecule has 1 fully saturated rings. The second-order valence-electron chi connectivity index (χ2n) is 7.04. The number of amides is 1. The van der Waals surface area contributed by atoms with Gasteiger partial charge in [-0.1, -0.05) is 5.16 Å². The van der Waals surface area contributed by atoms with Crippen LogP contribution in [0.15, 0.2) is 53.2 Å². The Morgan fingerprint density at radius 3 is 2.45 bits per heavy atom. The first kappa shape index (κ1) is 20.2. The highest BCUT2D eigenvalue weighted by molar-refractivity contribution is 5.92. The van der Waals surface area contributed by atoms with E-state index in [4.69, 9.17) is 4.52 Å². The Hall–Kier alpha value is -4.08. The molecule has 10 nitrogen and oxygen atoms in total. The highest BCUT2D eigenvalue weighted by atomic mass is 16.6. The second kappa shape index (κ2) is 8.74. The first-order chi connectivity index (χ1) is 15.0. The number of hydrogen-bond acceptors (Lipinski definition) is 8. The van der Waals surface area contributed by atoms with E-state index in [1.165, 1.54) is 18.2 Å². The van der Waals surface area contributed by atoms with Crippen LogP contribution in [0.3, 0.4) is 0 Å². The molecule has 0 radical (unpaired) electrons. The molecule has 2 aromatic heterocycles. The van der Waals surface area contributed by atoms with Crippen molar-refractivity contribution in [3.05, 3.63) is 70.2 Å². The average Bonchev–Trinajstić information content (AvgIpc) is 3.24. The third-order valence-corrected chi connectivity index (χ3v) is 4.97. The minimum absolute atomic E-state index is 0.0219. The van der Waals surface area contributed by atoms with Gasteiger partial charge in [0.15, 0.2) is 0 Å². The molecule has 0 saturated carbocycles. The zero-order valence-electron chi connectivity index (χ0n) is 16.8. The third kappa shape index (κ3) is 4.74. The number of aromatic nitrogens is 3. The lowest BCUT2D eigenvalue weighted by atomic mass is 10.2. The number of rotatable bonds is 5. The molecule has 0 bridgehead atoms. The predicted molar refractivity (Wildman–Crippen MR) is 113 cm³/mol. The van der Waals surface area contributed by atoms with Gasteiger partial charge in [-0.25, -0.2) is 4.98 Å². The highest BCUT2D eigenvalue weighted by Crippen LogP contribution is 2.20. The fraction of sp³-hybridized carbons (Fsp3) is 0.238. The fourth-order valence-corrected chi connectivity index (χ4v) is 3.26. The van der Waals surface area contributed by atoms with Crippen molar-refractivity contribution in [2.75, 3.05) is 31.1 Å². The van der Waals surface area contributed by atoms with E-state index in [1.807, 2.05) is 12.1 Å². The molecule has 3 aromatic rings. The van der Waals surface area contributed by atoms with Gasteiger partial charge in [0.2, 0.25) is 17.6 Å². The monoisotopic (exact) mass is 420 g/mol. The largest absolute Gasteiger partial charge is 0.353 e. The number of non-ortho nitro benzene ring substituents is 1. The van der Waals surface area contributed by atoms with Crippen LogP contribution < -0.4 is 4.90 Å². The minimum atomic E-state index is -0.452. The molecule has 10 heteroatoms. The molecule has 0 aliphatic carbocycles. The Balaban J connectivity index is 1.31. The molecule has 1 aromatic carbocycles. The summed E-state index contributed by atoms with van der Waals surface area (Å²) in [6, 6.07) is 9.88. The van der Waals surface area contributed by atoms with E-state index in [2.05, 4.69) is 20.0 Å². The van der Waals surface area contributed by atoms with E-state index in [9.17, 15) is 14.9 Å². The van der Waals surface area contributed by atoms with Crippen LogP contribution in [0.2, 0.25) is 0 Å². The maximum Gasteiger partial charge on any atom is 0.269 e. The van der Waals surface area contributed by atoms with Crippen LogP contribution in [0.25, 0.3) is 17.5 Å². The van der Waals surface area contributed by atoms with Crippen molar-refractivity contribution in [3.8, 4) is 11.4 Å². The number of hydrogen-bond donors (Lipinski definition) is 0. The van der Waals surface area contributed by atoms with Crippen molar-refractivity contribution in [3.63, 3.8) is 0 Å². The number of carbonyl (C=O) groups excluding carboxylic acids is 1. The number of pyridine rings is 1. The van der Waals surface area contributed by atoms with Gasteiger partial charge in [-0.3, -0.25) is 14.9 Å². The maximum absolute atomic E-state index is 12.5. The van der Waals surface area contributed by atoms with Crippen LogP contribution in [0.4, 0.5) is 11.5 Å². The number of aryl methyl sites for hydroxylation is 1. The summed E-state index contributed by atoms with van der Waals surface area (Å²) in [4.78, 5) is 35.3. The topological polar surface area (TPSA) is 118 Å². The summed E-state index contributed by atoms with van der Waals surface area (Å²) < 4.78 is 4.99. The average molecular weight is 420 g/mol. The van der Waals surface area contributed by atoms with Gasteiger partial charge in [0.1, 0.15) is 5.82 Å². The predicted octanol–water partition coefficient (Wildman–Crippen LogP) is 2.71. The summed E-state index contributed by atoms with van der Waals surface area (Å²) in [5.41, 5.74) is 1.54. The second-order valence-corrected chi connectivity index (χ2v) is 7.04. The lowest BCUT2D eigenvalue weighted by Crippen LogP contribution is -2.48. The van der Waals surface area contributed by atoms with Gasteiger partial charge in [0.05, 0.1) is 4.92 Å². The van der Waals surface area contributed by atoms with E-state index in [-0.39, 0.29) is 11.6 Å². The van der Waals surface area contributed by atoms with Crippen molar-refractivity contribution >= 4 is 23.5 Å². The van der Waals surface area contributed by atoms with Gasteiger partial charge in [0.25, 0.3) is 5.69 Å². The van der Waals surface area contributed by atoms with E-state index < -0.39 is 4.92 Å². The van der Waals surface area contributed by atoms with E-state index in [0.29, 0.717) is 37.9 Å². The van der Waals surface area contributed by atoms with Crippen molar-refractivity contribution in [2.45, 2.75) is 6.92 Å². The molecular formula is C21H20N6O4. The van der Waals surface area contributed by atoms with Gasteiger partial charge in [-0.2, -0.15) is 4.98 Å². The zero-order valence-corrected chi connectivity index (χ0v) is 16.8. The van der Waals surface area contributed by atoms with Crippen molar-refractivity contribution in [2.24, 2.45) is 0 Å². The Morgan fingerprint density at radius 1 is 1.13 bits per heavy atom. The summed E-state index contributed by atoms with van der Waals surface area (Å²) in [6.45, 7) is 4.24. The molecule has 1 amide bonds. The summed E-state index contributed by atoms with van der Waals surface area (Å²) in [5, 5.41) is 14.6. The number of nitro groups is 1. The van der Waals surface area contributed by atoms with Crippen LogP contribution in [0.5, 0.6) is 0 Å². The van der Waals surface area contributed by atoms with Crippen molar-refractivity contribution in [1.29, 1.82) is 0 Å². The van der Waals surface area contributed by atoms with Crippen LogP contribution in [-0.4, -0.2) is 57.0 Å². The van der Waals surface area contributed by atoms with Gasteiger partial charge in [-0.05, 0) is 35.9 Å². The number of nitrogens with zero attached hydrogens (tertiary/aromatic N) is 6. The number of benzene rings is 1. The van der Waals surface area contributed by atoms with Crippen LogP contribution in [-0.2, 0) is 4.79 Å². The number of carbonyl (C=O) groups is 1. The van der Waals surface area contributed by atoms with Crippen LogP contribution in [0, 0.1) is 17.0 Å². The maximum atomic E-state index is 12.5. The summed E-state index contributed by atoms with van der Waals surface area (Å²) in [7, 11) is 0. The molecule has 0 unspecified atom stereocenters. The van der Waals surface area contributed by atoms with Crippen LogP contribution in [0.1, 0.15) is 11.5 Å². The van der Waals surface area contributed by atoms with E-state index in [1.54, 1.807) is 36.2 Å². The summed E-state index contributed by atoms with van der Waals surface area (Å²) in [5.74, 6) is 1.75. The SMILES string of the molecule is Cc1nc(-c2ccc(N3CCN(C(=O)/C=C\c4ccc([N+](=O)[O-])cc4)CC3)nc2)no1. The molecule has 31 heavy (non-hydrogen) atoms. The van der Waals surface area contributed by atoms with Gasteiger partial charge in [-0.15, -0.1) is 0 Å². The molecule has 3 heterocycles. The lowest BCUT2D eigenvalue weighted by Gasteiger charge is -2.35. The molecule has 0 atom stereocenters. The molecular weight excluding hydrogens is 400 g/mol. The third-order valence-electron chi connectivity index (χ3n) is 4.97. The lowest BCUT2D eigenvalue weighted by molar-refractivity contribution is -0.384. The number of piperazine rings is 1. The molecule has 0 N–H and O–H groups in total. The highest BCUT2D eigenvalue weighted by Gasteiger charge is 2.20. The minimum Gasteiger partial charge on any atom is -0.353 e. The van der Waals surface area contributed by atoms with Gasteiger partial charge in [0, 0.05) is 63.1 Å². The van der Waals surface area contributed by atoms with E-state index in [0.717, 1.165) is 16.9 Å². The van der Waals surface area contributed by atoms with E-state index >= 15 is 0 Å². The first-order valence-electron chi connectivity index (χ1n) is 9.73. The Bertz CT molecular complexity index is 1100. The number of nitro benzene ring substituents is 1. The van der Waals surface area contributed by atoms with Gasteiger partial charge >= 0.3 is 0 Å². The van der Waals surface area contributed by atoms with Gasteiger partial charge < -0.3 is 14.3 Å². The first-order valence-corrected chi connectivity index (χ1v) is 9.73. The standard InChI is InChI=1S/C21H20N6O4/c1-15-23-21(24-31-15)17-5-8-19(22-14-17)25-10-12-26(13-11-25)20(28)9-4-16-2-6-18(7-3-16)27(29)30/h2-9,14H,10-13H2,1H3/b9-4-. The quantitative estimate of drug-likeness (QED) is 0.351. The molecule has 4 rings (SSSR count). The molecule has 1 aliphatic rings. The summed E-state index contributed by atoms with van der Waals surface area (Å²) >= 11 is 0. The van der Waals surface area contributed by atoms with Crippen LogP contribution >= 0.6 is 0 Å². The Kier molecular flexibility index (Phi) is 5.69. The zero-order chi connectivity index (χ0) is 21.8. The number of anilines is 1. The molecule has 0 spiro atoms. The fourth-order valence-electron chi connectivity index (χ4n) is 3.26. The molecule has 158 valence electrons. The smallest absolute Gasteiger partial charge is 0.269 e. The summed E-state index contributed by atoms with van der Waals surface area (Å²) in [6.07, 6.45) is 4.87. The normalized spacial score (nSPS) is 14.2. The van der Waals surface area contributed by atoms with Crippen molar-refractivity contribution < 1.29 is 14.2 Å². The Labute approximate surface area is 178 Å². The molecule has 1 aliphatic heterocycles. The Morgan fingerprint density at radius 2 is 1.87 bits per heavy atom.